The van der Waals surface area contributed by atoms with Crippen LogP contribution in [-0.4, -0.2) is 17.0 Å². The summed E-state index contributed by atoms with van der Waals surface area (Å²) in [7, 11) is 1.38. The van der Waals surface area contributed by atoms with E-state index in [2.05, 4.69) is 20.9 Å². The molecule has 5 nitrogen and oxygen atoms in total. The van der Waals surface area contributed by atoms with Crippen molar-refractivity contribution in [1.29, 1.82) is 0 Å². The van der Waals surface area contributed by atoms with Gasteiger partial charge in [0, 0.05) is 27.5 Å². The van der Waals surface area contributed by atoms with Crippen LogP contribution in [0.4, 0.5) is 5.69 Å². The Morgan fingerprint density at radius 3 is 2.76 bits per heavy atom. The Balaban J connectivity index is 2.92. The fourth-order valence-electron chi connectivity index (χ4n) is 1.56. The zero-order valence-corrected chi connectivity index (χ0v) is 10.9. The molecule has 0 aliphatic carbocycles. The molecule has 7 heteroatoms. The van der Waals surface area contributed by atoms with Gasteiger partial charge in [-0.05, 0) is 22.0 Å². The van der Waals surface area contributed by atoms with Gasteiger partial charge in [0.05, 0.1) is 12.0 Å². The van der Waals surface area contributed by atoms with Crippen LogP contribution in [0.1, 0.15) is 0 Å². The van der Waals surface area contributed by atoms with Gasteiger partial charge < -0.3 is 4.74 Å². The first kappa shape index (κ1) is 12.1. The van der Waals surface area contributed by atoms with Crippen LogP contribution in [-0.2, 0) is 0 Å². The van der Waals surface area contributed by atoms with Gasteiger partial charge in [0.25, 0.3) is 0 Å². The van der Waals surface area contributed by atoms with Gasteiger partial charge >= 0.3 is 5.69 Å². The Kier molecular flexibility index (Phi) is 3.17. The highest BCUT2D eigenvalue weighted by atomic mass is 79.9. The Bertz CT molecular complexity index is 618. The number of hydrogen-bond donors (Lipinski definition) is 0. The number of fused-ring (bicyclic) bond motifs is 1. The molecule has 0 N–H and O–H groups in total. The number of rotatable bonds is 2. The van der Waals surface area contributed by atoms with Crippen molar-refractivity contribution in [1.82, 2.24) is 4.98 Å². The van der Waals surface area contributed by atoms with E-state index in [9.17, 15) is 10.1 Å². The highest BCUT2D eigenvalue weighted by molar-refractivity contribution is 9.10. The molecule has 0 fully saturated rings. The van der Waals surface area contributed by atoms with Crippen LogP contribution < -0.4 is 4.74 Å². The van der Waals surface area contributed by atoms with Gasteiger partial charge in [-0.25, -0.2) is 4.98 Å². The maximum Gasteiger partial charge on any atom is 0.312 e. The van der Waals surface area contributed by atoms with Crippen LogP contribution in [0.25, 0.3) is 10.8 Å². The maximum absolute atomic E-state index is 10.9. The molecule has 88 valence electrons. The number of nitro groups is 1. The topological polar surface area (TPSA) is 65.3 Å². The van der Waals surface area contributed by atoms with E-state index in [0.29, 0.717) is 15.2 Å². The van der Waals surface area contributed by atoms with Gasteiger partial charge in [-0.15, -0.1) is 0 Å². The van der Waals surface area contributed by atoms with Crippen molar-refractivity contribution in [2.24, 2.45) is 0 Å². The molecule has 0 amide bonds. The van der Waals surface area contributed by atoms with E-state index >= 15 is 0 Å². The molecule has 0 saturated heterocycles. The molecule has 0 aliphatic heterocycles. The van der Waals surface area contributed by atoms with E-state index in [1.807, 2.05) is 0 Å². The van der Waals surface area contributed by atoms with Crippen molar-refractivity contribution in [2.45, 2.75) is 0 Å². The molecule has 1 heterocycles. The number of pyridine rings is 1. The Labute approximate surface area is 110 Å². The SMILES string of the molecule is COc1c([N+](=O)[O-])cc(Br)c2cnc(Cl)cc12. The summed E-state index contributed by atoms with van der Waals surface area (Å²) in [5, 5.41) is 12.4. The van der Waals surface area contributed by atoms with Gasteiger partial charge in [-0.2, -0.15) is 0 Å². The average Bonchev–Trinajstić information content (AvgIpc) is 2.28. The number of aromatic nitrogens is 1. The zero-order valence-electron chi connectivity index (χ0n) is 8.61. The fraction of sp³-hybridized carbons (Fsp3) is 0.100. The quantitative estimate of drug-likeness (QED) is 0.482. The predicted octanol–water partition coefficient (Wildman–Crippen LogP) is 3.57. The van der Waals surface area contributed by atoms with Crippen LogP contribution in [0.5, 0.6) is 5.75 Å². The largest absolute Gasteiger partial charge is 0.490 e. The first-order valence-electron chi connectivity index (χ1n) is 4.50. The first-order chi connectivity index (χ1) is 8.04. The molecule has 0 atom stereocenters. The van der Waals surface area contributed by atoms with Crippen LogP contribution in [0.15, 0.2) is 22.8 Å². The smallest absolute Gasteiger partial charge is 0.312 e. The summed E-state index contributed by atoms with van der Waals surface area (Å²) in [4.78, 5) is 14.3. The molecule has 1 aromatic carbocycles. The van der Waals surface area contributed by atoms with Crippen LogP contribution in [0.3, 0.4) is 0 Å². The Morgan fingerprint density at radius 1 is 1.47 bits per heavy atom. The minimum absolute atomic E-state index is 0.117. The van der Waals surface area contributed by atoms with Crippen LogP contribution in [0, 0.1) is 10.1 Å². The van der Waals surface area contributed by atoms with Crippen molar-refractivity contribution < 1.29 is 9.66 Å². The van der Waals surface area contributed by atoms with Crippen molar-refractivity contribution in [3.8, 4) is 5.75 Å². The highest BCUT2D eigenvalue weighted by Gasteiger charge is 2.20. The van der Waals surface area contributed by atoms with E-state index in [0.717, 1.165) is 0 Å². The molecule has 0 saturated carbocycles. The summed E-state index contributed by atoms with van der Waals surface area (Å²) in [6.45, 7) is 0. The van der Waals surface area contributed by atoms with Gasteiger partial charge in [0.2, 0.25) is 5.75 Å². The molecule has 2 rings (SSSR count). The maximum atomic E-state index is 10.9. The second-order valence-electron chi connectivity index (χ2n) is 3.22. The van der Waals surface area contributed by atoms with Gasteiger partial charge in [-0.3, -0.25) is 10.1 Å². The van der Waals surface area contributed by atoms with Crippen molar-refractivity contribution in [3.63, 3.8) is 0 Å². The third-order valence-corrected chi connectivity index (χ3v) is 3.13. The third kappa shape index (κ3) is 2.05. The second kappa shape index (κ2) is 4.46. The van der Waals surface area contributed by atoms with Crippen LogP contribution >= 0.6 is 27.5 Å². The van der Waals surface area contributed by atoms with Crippen molar-refractivity contribution in [3.05, 3.63) is 38.1 Å². The summed E-state index contributed by atoms with van der Waals surface area (Å²) in [5.41, 5.74) is -0.117. The number of benzene rings is 1. The predicted molar refractivity (Wildman–Crippen MR) is 67.7 cm³/mol. The molecule has 0 unspecified atom stereocenters. The number of nitrogens with zero attached hydrogens (tertiary/aromatic N) is 2. The lowest BCUT2D eigenvalue weighted by atomic mass is 10.1. The van der Waals surface area contributed by atoms with Gasteiger partial charge in [-0.1, -0.05) is 11.6 Å². The number of halogens is 2. The average molecular weight is 318 g/mol. The van der Waals surface area contributed by atoms with Gasteiger partial charge in [0.1, 0.15) is 5.15 Å². The zero-order chi connectivity index (χ0) is 12.6. The summed E-state index contributed by atoms with van der Waals surface area (Å²) in [5.74, 6) is 0.178. The first-order valence-corrected chi connectivity index (χ1v) is 5.68. The number of nitro benzene ring substituents is 1. The standard InChI is InChI=1S/C10H6BrClN2O3/c1-17-10-5-2-9(12)13-4-6(5)7(11)3-8(10)14(15)16/h2-4H,1H3. The van der Waals surface area contributed by atoms with Crippen molar-refractivity contribution >= 4 is 44.0 Å². The molecule has 0 radical (unpaired) electrons. The lowest BCUT2D eigenvalue weighted by Gasteiger charge is -2.07. The molecule has 1 aromatic heterocycles. The fourth-order valence-corrected chi connectivity index (χ4v) is 2.25. The van der Waals surface area contributed by atoms with E-state index < -0.39 is 4.92 Å². The lowest BCUT2D eigenvalue weighted by Crippen LogP contribution is -1.95. The molecule has 0 aliphatic rings. The molecule has 17 heavy (non-hydrogen) atoms. The van der Waals surface area contributed by atoms with Gasteiger partial charge in [0.15, 0.2) is 0 Å². The normalized spacial score (nSPS) is 10.5. The second-order valence-corrected chi connectivity index (χ2v) is 4.46. The summed E-state index contributed by atoms with van der Waals surface area (Å²) < 4.78 is 5.65. The minimum Gasteiger partial charge on any atom is -0.490 e. The molecular weight excluding hydrogens is 311 g/mol. The van der Waals surface area contributed by atoms with E-state index in [1.54, 1.807) is 0 Å². The summed E-state index contributed by atoms with van der Waals surface area (Å²) in [6.07, 6.45) is 1.54. The van der Waals surface area contributed by atoms with E-state index in [-0.39, 0.29) is 16.6 Å². The van der Waals surface area contributed by atoms with Crippen molar-refractivity contribution in [2.75, 3.05) is 7.11 Å². The summed E-state index contributed by atoms with van der Waals surface area (Å²) >= 11 is 9.04. The summed E-state index contributed by atoms with van der Waals surface area (Å²) in [6, 6.07) is 2.92. The molecule has 2 aromatic rings. The Morgan fingerprint density at radius 2 is 2.18 bits per heavy atom. The Hall–Kier alpha value is -1.40. The third-order valence-electron chi connectivity index (χ3n) is 2.27. The molecule has 0 bridgehead atoms. The highest BCUT2D eigenvalue weighted by Crippen LogP contribution is 2.40. The number of methoxy groups -OCH3 is 1. The monoisotopic (exact) mass is 316 g/mol. The minimum atomic E-state index is -0.503. The molecular formula is C10H6BrClN2O3. The van der Waals surface area contributed by atoms with E-state index in [4.69, 9.17) is 16.3 Å². The number of hydrogen-bond acceptors (Lipinski definition) is 4. The molecule has 0 spiro atoms. The lowest BCUT2D eigenvalue weighted by molar-refractivity contribution is -0.385. The van der Waals surface area contributed by atoms with E-state index in [1.165, 1.54) is 25.4 Å². The number of ether oxygens (including phenoxy) is 1. The van der Waals surface area contributed by atoms with Crippen LogP contribution in [0.2, 0.25) is 5.15 Å².